The third-order valence-electron chi connectivity index (χ3n) is 4.90. The first-order valence-corrected chi connectivity index (χ1v) is 9.30. The molecule has 1 fully saturated rings. The van der Waals surface area contributed by atoms with Crippen molar-refractivity contribution in [1.29, 1.82) is 5.26 Å². The highest BCUT2D eigenvalue weighted by atomic mass is 16.1. The number of amides is 1. The van der Waals surface area contributed by atoms with Gasteiger partial charge in [-0.05, 0) is 55.6 Å². The Morgan fingerprint density at radius 2 is 1.77 bits per heavy atom. The average molecular weight is 347 g/mol. The van der Waals surface area contributed by atoms with Gasteiger partial charge in [-0.3, -0.25) is 4.79 Å². The molecule has 1 aliphatic rings. The molecule has 1 unspecified atom stereocenters. The van der Waals surface area contributed by atoms with Crippen LogP contribution in [0.25, 0.3) is 0 Å². The second-order valence-electron chi connectivity index (χ2n) is 6.85. The Hall–Kier alpha value is -2.64. The number of aryl methyl sites for hydroxylation is 1. The molecule has 0 bridgehead atoms. The van der Waals surface area contributed by atoms with Crippen LogP contribution >= 0.6 is 0 Å². The van der Waals surface area contributed by atoms with E-state index in [9.17, 15) is 4.79 Å². The van der Waals surface area contributed by atoms with Crippen molar-refractivity contribution in [2.24, 2.45) is 0 Å². The Balaban J connectivity index is 1.58. The summed E-state index contributed by atoms with van der Waals surface area (Å²) < 4.78 is 0. The molecular weight excluding hydrogens is 322 g/mol. The van der Waals surface area contributed by atoms with Crippen molar-refractivity contribution in [1.82, 2.24) is 10.2 Å². The van der Waals surface area contributed by atoms with Crippen LogP contribution < -0.4 is 5.32 Å². The molecule has 2 aromatic carbocycles. The summed E-state index contributed by atoms with van der Waals surface area (Å²) >= 11 is 0. The van der Waals surface area contributed by atoms with Crippen LogP contribution in [0.5, 0.6) is 0 Å². The van der Waals surface area contributed by atoms with E-state index < -0.39 is 0 Å². The summed E-state index contributed by atoms with van der Waals surface area (Å²) in [4.78, 5) is 14.9. The van der Waals surface area contributed by atoms with Gasteiger partial charge in [0.2, 0.25) is 5.91 Å². The summed E-state index contributed by atoms with van der Waals surface area (Å²) in [6.07, 6.45) is 3.63. The van der Waals surface area contributed by atoms with E-state index in [4.69, 9.17) is 5.26 Å². The molecule has 1 heterocycles. The summed E-state index contributed by atoms with van der Waals surface area (Å²) in [7, 11) is 0. The van der Waals surface area contributed by atoms with Crippen LogP contribution in [0.3, 0.4) is 0 Å². The van der Waals surface area contributed by atoms with Gasteiger partial charge in [0.25, 0.3) is 0 Å². The summed E-state index contributed by atoms with van der Waals surface area (Å²) in [6.45, 7) is 3.10. The maximum atomic E-state index is 12.5. The third kappa shape index (κ3) is 5.18. The van der Waals surface area contributed by atoms with Crippen molar-refractivity contribution >= 4 is 5.91 Å². The van der Waals surface area contributed by atoms with Gasteiger partial charge in [0.05, 0.1) is 17.7 Å². The Kier molecular flexibility index (Phi) is 6.40. The minimum Gasteiger partial charge on any atom is -0.348 e. The Morgan fingerprint density at radius 3 is 2.42 bits per heavy atom. The maximum Gasteiger partial charge on any atom is 0.220 e. The third-order valence-corrected chi connectivity index (χ3v) is 4.90. The molecule has 0 saturated carbocycles. The molecule has 0 aliphatic carbocycles. The van der Waals surface area contributed by atoms with E-state index in [2.05, 4.69) is 28.4 Å². The molecule has 0 aromatic heterocycles. The molecule has 26 heavy (non-hydrogen) atoms. The van der Waals surface area contributed by atoms with E-state index >= 15 is 0 Å². The molecule has 4 heteroatoms. The predicted molar refractivity (Wildman–Crippen MR) is 102 cm³/mol. The molecule has 3 rings (SSSR count). The molecule has 1 saturated heterocycles. The van der Waals surface area contributed by atoms with Gasteiger partial charge in [0.15, 0.2) is 0 Å². The van der Waals surface area contributed by atoms with Crippen LogP contribution in [-0.4, -0.2) is 30.4 Å². The molecular formula is C22H25N3O. The SMILES string of the molecule is N#Cc1ccc(CCC(=O)NC(CN2CCCC2)c2ccccc2)cc1. The summed E-state index contributed by atoms with van der Waals surface area (Å²) in [6, 6.07) is 19.8. The molecule has 1 atom stereocenters. The van der Waals surface area contributed by atoms with Gasteiger partial charge in [-0.15, -0.1) is 0 Å². The predicted octanol–water partition coefficient (Wildman–Crippen LogP) is 3.44. The molecule has 4 nitrogen and oxygen atoms in total. The van der Waals surface area contributed by atoms with Gasteiger partial charge >= 0.3 is 0 Å². The van der Waals surface area contributed by atoms with E-state index in [1.165, 1.54) is 12.8 Å². The molecule has 1 amide bonds. The molecule has 134 valence electrons. The fraction of sp³-hybridized carbons (Fsp3) is 0.364. The lowest BCUT2D eigenvalue weighted by Gasteiger charge is -2.25. The van der Waals surface area contributed by atoms with Crippen molar-refractivity contribution in [3.8, 4) is 6.07 Å². The number of nitrogens with one attached hydrogen (secondary N) is 1. The number of benzene rings is 2. The summed E-state index contributed by atoms with van der Waals surface area (Å²) in [5.74, 6) is 0.0717. The Bertz CT molecular complexity index is 743. The van der Waals surface area contributed by atoms with Crippen LogP contribution in [0.15, 0.2) is 54.6 Å². The zero-order chi connectivity index (χ0) is 18.2. The smallest absolute Gasteiger partial charge is 0.220 e. The highest BCUT2D eigenvalue weighted by Gasteiger charge is 2.20. The normalized spacial score (nSPS) is 15.3. The number of carbonyl (C=O) groups excluding carboxylic acids is 1. The van der Waals surface area contributed by atoms with Crippen molar-refractivity contribution in [3.05, 3.63) is 71.3 Å². The Morgan fingerprint density at radius 1 is 1.08 bits per heavy atom. The largest absolute Gasteiger partial charge is 0.348 e. The number of likely N-dealkylation sites (tertiary alicyclic amines) is 1. The highest BCUT2D eigenvalue weighted by Crippen LogP contribution is 2.18. The van der Waals surface area contributed by atoms with Crippen LogP contribution in [0.2, 0.25) is 0 Å². The second-order valence-corrected chi connectivity index (χ2v) is 6.85. The minimum atomic E-state index is 0.0303. The number of hydrogen-bond acceptors (Lipinski definition) is 3. The molecule has 0 spiro atoms. The van der Waals surface area contributed by atoms with Crippen LogP contribution in [0.4, 0.5) is 0 Å². The number of hydrogen-bond donors (Lipinski definition) is 1. The topological polar surface area (TPSA) is 56.1 Å². The van der Waals surface area contributed by atoms with E-state index in [0.29, 0.717) is 18.4 Å². The first kappa shape index (κ1) is 18.2. The standard InChI is InChI=1S/C22H25N3O/c23-16-19-10-8-18(9-11-19)12-13-22(26)24-21(17-25-14-4-5-15-25)20-6-2-1-3-7-20/h1-3,6-11,21H,4-5,12-15,17H2,(H,24,26). The van der Waals surface area contributed by atoms with Crippen molar-refractivity contribution < 1.29 is 4.79 Å². The van der Waals surface area contributed by atoms with Gasteiger partial charge < -0.3 is 10.2 Å². The summed E-state index contributed by atoms with van der Waals surface area (Å²) in [5.41, 5.74) is 2.88. The van der Waals surface area contributed by atoms with E-state index in [0.717, 1.165) is 30.8 Å². The van der Waals surface area contributed by atoms with Gasteiger partial charge in [0, 0.05) is 13.0 Å². The van der Waals surface area contributed by atoms with Gasteiger partial charge in [-0.25, -0.2) is 0 Å². The van der Waals surface area contributed by atoms with Gasteiger partial charge in [0.1, 0.15) is 0 Å². The van der Waals surface area contributed by atoms with Gasteiger partial charge in [-0.2, -0.15) is 5.26 Å². The van der Waals surface area contributed by atoms with Gasteiger partial charge in [-0.1, -0.05) is 42.5 Å². The van der Waals surface area contributed by atoms with Crippen LogP contribution in [0.1, 0.15) is 42.0 Å². The lowest BCUT2D eigenvalue weighted by atomic mass is 10.0. The molecule has 1 N–H and O–H groups in total. The van der Waals surface area contributed by atoms with Crippen molar-refractivity contribution in [3.63, 3.8) is 0 Å². The monoisotopic (exact) mass is 347 g/mol. The number of nitrogens with zero attached hydrogens (tertiary/aromatic N) is 2. The first-order valence-electron chi connectivity index (χ1n) is 9.30. The van der Waals surface area contributed by atoms with Crippen LogP contribution in [-0.2, 0) is 11.2 Å². The number of nitriles is 1. The average Bonchev–Trinajstić information content (AvgIpc) is 3.20. The molecule has 2 aromatic rings. The Labute approximate surface area is 155 Å². The molecule has 0 radical (unpaired) electrons. The zero-order valence-electron chi connectivity index (χ0n) is 15.0. The maximum absolute atomic E-state index is 12.5. The van der Waals surface area contributed by atoms with E-state index in [1.807, 2.05) is 30.3 Å². The highest BCUT2D eigenvalue weighted by molar-refractivity contribution is 5.76. The van der Waals surface area contributed by atoms with E-state index in [1.54, 1.807) is 12.1 Å². The lowest BCUT2D eigenvalue weighted by molar-refractivity contribution is -0.121. The van der Waals surface area contributed by atoms with E-state index in [-0.39, 0.29) is 11.9 Å². The van der Waals surface area contributed by atoms with Crippen LogP contribution in [0, 0.1) is 11.3 Å². The lowest BCUT2D eigenvalue weighted by Crippen LogP contribution is -2.37. The first-order chi connectivity index (χ1) is 12.7. The number of carbonyl (C=O) groups is 1. The second kappa shape index (κ2) is 9.17. The quantitative estimate of drug-likeness (QED) is 0.835. The fourth-order valence-electron chi connectivity index (χ4n) is 3.41. The fourth-order valence-corrected chi connectivity index (χ4v) is 3.41. The minimum absolute atomic E-state index is 0.0303. The summed E-state index contributed by atoms with van der Waals surface area (Å²) in [5, 5.41) is 12.1. The van der Waals surface area contributed by atoms with Crippen molar-refractivity contribution in [2.75, 3.05) is 19.6 Å². The number of rotatable bonds is 7. The molecule has 1 aliphatic heterocycles. The van der Waals surface area contributed by atoms with Crippen molar-refractivity contribution in [2.45, 2.75) is 31.7 Å². The zero-order valence-corrected chi connectivity index (χ0v) is 15.0.